The SMILES string of the molecule is Cc1n[nH]c(C)c1CN(C)S(=O)(=O)c1ccccc1. The second kappa shape index (κ2) is 5.14. The Kier molecular flexibility index (Phi) is 3.73. The molecule has 19 heavy (non-hydrogen) atoms. The summed E-state index contributed by atoms with van der Waals surface area (Å²) in [5.41, 5.74) is 2.64. The molecule has 0 unspecified atom stereocenters. The first-order valence-electron chi connectivity index (χ1n) is 5.94. The molecular weight excluding hydrogens is 262 g/mol. The third kappa shape index (κ3) is 2.69. The molecule has 0 atom stereocenters. The van der Waals surface area contributed by atoms with Gasteiger partial charge in [-0.3, -0.25) is 5.10 Å². The normalized spacial score (nSPS) is 12.0. The number of rotatable bonds is 4. The third-order valence-corrected chi connectivity index (χ3v) is 4.93. The summed E-state index contributed by atoms with van der Waals surface area (Å²) in [7, 11) is -1.88. The number of aromatic nitrogens is 2. The number of sulfonamides is 1. The lowest BCUT2D eigenvalue weighted by Crippen LogP contribution is -2.26. The van der Waals surface area contributed by atoms with Crippen molar-refractivity contribution in [3.05, 3.63) is 47.3 Å². The first-order valence-corrected chi connectivity index (χ1v) is 7.38. The Labute approximate surface area is 113 Å². The fourth-order valence-corrected chi connectivity index (χ4v) is 3.05. The smallest absolute Gasteiger partial charge is 0.243 e. The molecule has 2 rings (SSSR count). The van der Waals surface area contributed by atoms with Crippen LogP contribution in [-0.2, 0) is 16.6 Å². The van der Waals surface area contributed by atoms with Gasteiger partial charge < -0.3 is 0 Å². The van der Waals surface area contributed by atoms with Gasteiger partial charge >= 0.3 is 0 Å². The summed E-state index contributed by atoms with van der Waals surface area (Å²) in [5, 5.41) is 6.94. The molecule has 2 aromatic rings. The van der Waals surface area contributed by atoms with Gasteiger partial charge in [0.25, 0.3) is 0 Å². The van der Waals surface area contributed by atoms with Gasteiger partial charge in [0, 0.05) is 24.8 Å². The molecule has 0 amide bonds. The van der Waals surface area contributed by atoms with E-state index in [-0.39, 0.29) is 0 Å². The maximum atomic E-state index is 12.4. The molecule has 0 saturated heterocycles. The summed E-state index contributed by atoms with van der Waals surface area (Å²) in [6.07, 6.45) is 0. The molecule has 1 aromatic heterocycles. The number of hydrogen-bond acceptors (Lipinski definition) is 3. The molecule has 0 spiro atoms. The van der Waals surface area contributed by atoms with Crippen molar-refractivity contribution in [3.8, 4) is 0 Å². The first kappa shape index (κ1) is 13.8. The number of hydrogen-bond donors (Lipinski definition) is 1. The Hall–Kier alpha value is -1.66. The maximum absolute atomic E-state index is 12.4. The zero-order chi connectivity index (χ0) is 14.0. The number of nitrogens with zero attached hydrogens (tertiary/aromatic N) is 2. The standard InChI is InChI=1S/C13H17N3O2S/c1-10-13(11(2)15-14-10)9-16(3)19(17,18)12-7-5-4-6-8-12/h4-8H,9H2,1-3H3,(H,14,15). The molecule has 0 fully saturated rings. The van der Waals surface area contributed by atoms with Crippen molar-refractivity contribution in [3.63, 3.8) is 0 Å². The van der Waals surface area contributed by atoms with Gasteiger partial charge in [0.1, 0.15) is 0 Å². The molecule has 1 aromatic carbocycles. The highest BCUT2D eigenvalue weighted by atomic mass is 32.2. The quantitative estimate of drug-likeness (QED) is 0.928. The molecule has 1 N–H and O–H groups in total. The van der Waals surface area contributed by atoms with Crippen LogP contribution in [0.3, 0.4) is 0 Å². The van der Waals surface area contributed by atoms with Gasteiger partial charge in [0.15, 0.2) is 0 Å². The summed E-state index contributed by atoms with van der Waals surface area (Å²) < 4.78 is 26.1. The molecule has 6 heteroatoms. The van der Waals surface area contributed by atoms with Crippen LogP contribution in [-0.4, -0.2) is 30.0 Å². The van der Waals surface area contributed by atoms with E-state index in [4.69, 9.17) is 0 Å². The van der Waals surface area contributed by atoms with Crippen LogP contribution in [0.5, 0.6) is 0 Å². The zero-order valence-corrected chi connectivity index (χ0v) is 12.0. The third-order valence-electron chi connectivity index (χ3n) is 3.11. The van der Waals surface area contributed by atoms with Crippen LogP contribution in [0.25, 0.3) is 0 Å². The molecule has 0 radical (unpaired) electrons. The topological polar surface area (TPSA) is 66.1 Å². The summed E-state index contributed by atoms with van der Waals surface area (Å²) >= 11 is 0. The van der Waals surface area contributed by atoms with Crippen molar-refractivity contribution in [2.24, 2.45) is 0 Å². The maximum Gasteiger partial charge on any atom is 0.243 e. The Balaban J connectivity index is 2.28. The summed E-state index contributed by atoms with van der Waals surface area (Å²) in [6, 6.07) is 8.43. The lowest BCUT2D eigenvalue weighted by atomic mass is 10.2. The molecule has 102 valence electrons. The van der Waals surface area contributed by atoms with Crippen LogP contribution >= 0.6 is 0 Å². The highest BCUT2D eigenvalue weighted by Crippen LogP contribution is 2.18. The van der Waals surface area contributed by atoms with Crippen molar-refractivity contribution in [1.82, 2.24) is 14.5 Å². The molecular formula is C13H17N3O2S. The predicted molar refractivity (Wildman–Crippen MR) is 73.2 cm³/mol. The minimum atomic E-state index is -3.46. The average Bonchev–Trinajstić information content (AvgIpc) is 2.71. The van der Waals surface area contributed by atoms with Gasteiger partial charge in [-0.15, -0.1) is 0 Å². The second-order valence-electron chi connectivity index (χ2n) is 4.49. The van der Waals surface area contributed by atoms with Gasteiger partial charge in [-0.2, -0.15) is 9.40 Å². The molecule has 0 saturated carbocycles. The number of H-pyrrole nitrogens is 1. The molecule has 5 nitrogen and oxygen atoms in total. The van der Waals surface area contributed by atoms with Crippen LogP contribution in [0.1, 0.15) is 17.0 Å². The predicted octanol–water partition coefficient (Wildman–Crippen LogP) is 1.85. The second-order valence-corrected chi connectivity index (χ2v) is 6.53. The lowest BCUT2D eigenvalue weighted by molar-refractivity contribution is 0.465. The highest BCUT2D eigenvalue weighted by molar-refractivity contribution is 7.89. The van der Waals surface area contributed by atoms with Gasteiger partial charge in [-0.05, 0) is 26.0 Å². The van der Waals surface area contributed by atoms with Crippen LogP contribution in [0.2, 0.25) is 0 Å². The van der Waals surface area contributed by atoms with Crippen molar-refractivity contribution in [2.75, 3.05) is 7.05 Å². The van der Waals surface area contributed by atoms with Crippen molar-refractivity contribution < 1.29 is 8.42 Å². The van der Waals surface area contributed by atoms with E-state index >= 15 is 0 Å². The first-order chi connectivity index (χ1) is 8.93. The van der Waals surface area contributed by atoms with E-state index in [9.17, 15) is 8.42 Å². The number of aryl methyl sites for hydroxylation is 2. The molecule has 0 aliphatic carbocycles. The van der Waals surface area contributed by atoms with Crippen molar-refractivity contribution in [1.29, 1.82) is 0 Å². The summed E-state index contributed by atoms with van der Waals surface area (Å²) in [6.45, 7) is 4.06. The Morgan fingerprint density at radius 3 is 2.37 bits per heavy atom. The van der Waals surface area contributed by atoms with Gasteiger partial charge in [0.2, 0.25) is 10.0 Å². The lowest BCUT2D eigenvalue weighted by Gasteiger charge is -2.17. The van der Waals surface area contributed by atoms with Crippen LogP contribution in [0.15, 0.2) is 35.2 Å². The Morgan fingerprint density at radius 1 is 1.21 bits per heavy atom. The largest absolute Gasteiger partial charge is 0.282 e. The minimum absolute atomic E-state index is 0.302. The monoisotopic (exact) mass is 279 g/mol. The Morgan fingerprint density at radius 2 is 1.84 bits per heavy atom. The minimum Gasteiger partial charge on any atom is -0.282 e. The molecule has 1 heterocycles. The molecule has 0 aliphatic rings. The van der Waals surface area contributed by atoms with E-state index in [1.165, 1.54) is 4.31 Å². The van der Waals surface area contributed by atoms with Crippen LogP contribution in [0, 0.1) is 13.8 Å². The molecule has 0 bridgehead atoms. The van der Waals surface area contributed by atoms with Gasteiger partial charge in [-0.25, -0.2) is 8.42 Å². The van der Waals surface area contributed by atoms with E-state index in [1.807, 2.05) is 13.8 Å². The van der Waals surface area contributed by atoms with Crippen LogP contribution < -0.4 is 0 Å². The summed E-state index contributed by atoms with van der Waals surface area (Å²) in [4.78, 5) is 0.302. The molecule has 0 aliphatic heterocycles. The fraction of sp³-hybridized carbons (Fsp3) is 0.308. The van der Waals surface area contributed by atoms with Gasteiger partial charge in [0.05, 0.1) is 10.6 Å². The van der Waals surface area contributed by atoms with Crippen molar-refractivity contribution >= 4 is 10.0 Å². The fourth-order valence-electron chi connectivity index (χ4n) is 1.89. The average molecular weight is 279 g/mol. The highest BCUT2D eigenvalue weighted by Gasteiger charge is 2.22. The zero-order valence-electron chi connectivity index (χ0n) is 11.2. The van der Waals surface area contributed by atoms with E-state index in [2.05, 4.69) is 10.2 Å². The van der Waals surface area contributed by atoms with E-state index in [1.54, 1.807) is 37.4 Å². The number of aromatic amines is 1. The van der Waals surface area contributed by atoms with E-state index in [0.29, 0.717) is 11.4 Å². The Bertz CT molecular complexity index is 643. The van der Waals surface area contributed by atoms with E-state index in [0.717, 1.165) is 17.0 Å². The number of benzene rings is 1. The number of nitrogens with one attached hydrogen (secondary N) is 1. The van der Waals surface area contributed by atoms with Gasteiger partial charge in [-0.1, -0.05) is 18.2 Å². The summed E-state index contributed by atoms with van der Waals surface area (Å²) in [5.74, 6) is 0. The van der Waals surface area contributed by atoms with Crippen molar-refractivity contribution in [2.45, 2.75) is 25.3 Å². The van der Waals surface area contributed by atoms with Crippen LogP contribution in [0.4, 0.5) is 0 Å². The van der Waals surface area contributed by atoms with E-state index < -0.39 is 10.0 Å².